The monoisotopic (exact) mass is 213 g/mol. The zero-order chi connectivity index (χ0) is 9.10. The topological polar surface area (TPSA) is 21.3 Å². The van der Waals surface area contributed by atoms with Gasteiger partial charge in [0.05, 0.1) is 7.11 Å². The molecule has 0 radical (unpaired) electrons. The number of anilines is 1. The van der Waals surface area contributed by atoms with Crippen molar-refractivity contribution < 1.29 is 4.74 Å². The zero-order valence-corrected chi connectivity index (χ0v) is 9.19. The molecule has 0 aromatic heterocycles. The van der Waals surface area contributed by atoms with Crippen LogP contribution in [0.3, 0.4) is 0 Å². The van der Waals surface area contributed by atoms with Gasteiger partial charge in [-0.3, -0.25) is 0 Å². The summed E-state index contributed by atoms with van der Waals surface area (Å²) in [5.41, 5.74) is 2.66. The molecular weight excluding hydrogens is 198 g/mol. The zero-order valence-electron chi connectivity index (χ0n) is 8.38. The molecule has 0 amide bonds. The van der Waals surface area contributed by atoms with Crippen LogP contribution in [0.4, 0.5) is 5.69 Å². The minimum absolute atomic E-state index is 0. The van der Waals surface area contributed by atoms with Crippen molar-refractivity contribution in [1.82, 2.24) is 0 Å². The van der Waals surface area contributed by atoms with Crippen LogP contribution in [0, 0.1) is 0 Å². The molecule has 0 aliphatic carbocycles. The fourth-order valence-corrected chi connectivity index (χ4v) is 1.73. The Morgan fingerprint density at radius 3 is 2.93 bits per heavy atom. The molecule has 0 fully saturated rings. The fourth-order valence-electron chi connectivity index (χ4n) is 1.73. The summed E-state index contributed by atoms with van der Waals surface area (Å²) >= 11 is 0. The van der Waals surface area contributed by atoms with E-state index < -0.39 is 0 Å². The number of halogens is 1. The normalized spacial score (nSPS) is 14.4. The van der Waals surface area contributed by atoms with Crippen molar-refractivity contribution in [3.05, 3.63) is 23.8 Å². The summed E-state index contributed by atoms with van der Waals surface area (Å²) in [7, 11) is 1.71. The van der Waals surface area contributed by atoms with Gasteiger partial charge in [-0.2, -0.15) is 0 Å². The van der Waals surface area contributed by atoms with E-state index in [1.54, 1.807) is 7.11 Å². The lowest BCUT2D eigenvalue weighted by Gasteiger charge is -2.08. The maximum Gasteiger partial charge on any atom is 0.120 e. The van der Waals surface area contributed by atoms with E-state index in [9.17, 15) is 0 Å². The minimum Gasteiger partial charge on any atom is -0.497 e. The largest absolute Gasteiger partial charge is 0.497 e. The van der Waals surface area contributed by atoms with E-state index in [0.717, 1.165) is 12.3 Å². The van der Waals surface area contributed by atoms with Crippen LogP contribution in [0.1, 0.15) is 18.4 Å². The Labute approximate surface area is 91.1 Å². The SMILES string of the molecule is COc1ccc2c(c1)NCCCC2.Cl. The molecule has 14 heavy (non-hydrogen) atoms. The molecule has 0 atom stereocenters. The first-order valence-corrected chi connectivity index (χ1v) is 4.81. The molecule has 0 saturated carbocycles. The summed E-state index contributed by atoms with van der Waals surface area (Å²) in [6.45, 7) is 1.08. The van der Waals surface area contributed by atoms with Crippen LogP contribution in [0.2, 0.25) is 0 Å². The number of rotatable bonds is 1. The van der Waals surface area contributed by atoms with Gasteiger partial charge in [-0.05, 0) is 30.9 Å². The third-order valence-corrected chi connectivity index (χ3v) is 2.51. The molecule has 2 nitrogen and oxygen atoms in total. The number of nitrogens with one attached hydrogen (secondary N) is 1. The average molecular weight is 214 g/mol. The summed E-state index contributed by atoms with van der Waals surface area (Å²) in [4.78, 5) is 0. The van der Waals surface area contributed by atoms with Gasteiger partial charge >= 0.3 is 0 Å². The molecule has 1 aliphatic rings. The second-order valence-electron chi connectivity index (χ2n) is 3.41. The second-order valence-corrected chi connectivity index (χ2v) is 3.41. The molecule has 1 aromatic rings. The molecule has 0 spiro atoms. The molecule has 1 aromatic carbocycles. The molecule has 1 N–H and O–H groups in total. The van der Waals surface area contributed by atoms with Gasteiger partial charge in [0.15, 0.2) is 0 Å². The number of fused-ring (bicyclic) bond motifs is 1. The molecule has 2 rings (SSSR count). The molecule has 0 unspecified atom stereocenters. The molecule has 3 heteroatoms. The van der Waals surface area contributed by atoms with Crippen LogP contribution < -0.4 is 10.1 Å². The predicted molar refractivity (Wildman–Crippen MR) is 61.7 cm³/mol. The van der Waals surface area contributed by atoms with Gasteiger partial charge in [0.1, 0.15) is 5.75 Å². The number of hydrogen-bond acceptors (Lipinski definition) is 2. The quantitative estimate of drug-likeness (QED) is 0.775. The molecule has 0 saturated heterocycles. The van der Waals surface area contributed by atoms with E-state index in [0.29, 0.717) is 0 Å². The van der Waals surface area contributed by atoms with Crippen molar-refractivity contribution in [1.29, 1.82) is 0 Å². The summed E-state index contributed by atoms with van der Waals surface area (Å²) in [5.74, 6) is 0.938. The van der Waals surface area contributed by atoms with Gasteiger partial charge in [0.25, 0.3) is 0 Å². The van der Waals surface area contributed by atoms with Crippen molar-refractivity contribution in [2.75, 3.05) is 19.0 Å². The van der Waals surface area contributed by atoms with E-state index in [1.807, 2.05) is 6.07 Å². The summed E-state index contributed by atoms with van der Waals surface area (Å²) < 4.78 is 5.18. The first-order chi connectivity index (χ1) is 6.40. The van der Waals surface area contributed by atoms with Crippen LogP contribution in [-0.4, -0.2) is 13.7 Å². The maximum absolute atomic E-state index is 5.18. The average Bonchev–Trinajstić information content (AvgIpc) is 2.41. The molecular formula is C11H16ClNO. The fraction of sp³-hybridized carbons (Fsp3) is 0.455. The van der Waals surface area contributed by atoms with Gasteiger partial charge in [-0.25, -0.2) is 0 Å². The molecule has 78 valence electrons. The first-order valence-electron chi connectivity index (χ1n) is 4.81. The van der Waals surface area contributed by atoms with Crippen LogP contribution in [0.5, 0.6) is 5.75 Å². The van der Waals surface area contributed by atoms with Crippen LogP contribution in [0.25, 0.3) is 0 Å². The lowest BCUT2D eigenvalue weighted by Crippen LogP contribution is -1.99. The first kappa shape index (κ1) is 11.2. The van der Waals surface area contributed by atoms with E-state index in [1.165, 1.54) is 30.5 Å². The lowest BCUT2D eigenvalue weighted by atomic mass is 10.1. The number of hydrogen-bond donors (Lipinski definition) is 1. The Morgan fingerprint density at radius 1 is 1.29 bits per heavy atom. The van der Waals surface area contributed by atoms with Crippen molar-refractivity contribution in [3.63, 3.8) is 0 Å². The van der Waals surface area contributed by atoms with Gasteiger partial charge in [0, 0.05) is 18.3 Å². The van der Waals surface area contributed by atoms with Gasteiger partial charge < -0.3 is 10.1 Å². The van der Waals surface area contributed by atoms with Crippen molar-refractivity contribution in [2.24, 2.45) is 0 Å². The van der Waals surface area contributed by atoms with E-state index >= 15 is 0 Å². The predicted octanol–water partition coefficient (Wildman–Crippen LogP) is 2.87. The van der Waals surface area contributed by atoms with Crippen molar-refractivity contribution in [2.45, 2.75) is 19.3 Å². The van der Waals surface area contributed by atoms with Gasteiger partial charge in [0.2, 0.25) is 0 Å². The highest BCUT2D eigenvalue weighted by Gasteiger charge is 2.07. The van der Waals surface area contributed by atoms with Crippen molar-refractivity contribution >= 4 is 18.1 Å². The smallest absolute Gasteiger partial charge is 0.120 e. The van der Waals surface area contributed by atoms with Crippen molar-refractivity contribution in [3.8, 4) is 5.75 Å². The number of ether oxygens (including phenoxy) is 1. The number of benzene rings is 1. The van der Waals surface area contributed by atoms with Gasteiger partial charge in [-0.15, -0.1) is 12.4 Å². The summed E-state index contributed by atoms with van der Waals surface area (Å²) in [6, 6.07) is 6.28. The third kappa shape index (κ3) is 2.32. The molecule has 1 aliphatic heterocycles. The third-order valence-electron chi connectivity index (χ3n) is 2.51. The Morgan fingerprint density at radius 2 is 2.14 bits per heavy atom. The lowest BCUT2D eigenvalue weighted by molar-refractivity contribution is 0.415. The number of methoxy groups -OCH3 is 1. The maximum atomic E-state index is 5.18. The summed E-state index contributed by atoms with van der Waals surface area (Å²) in [6.07, 6.45) is 3.73. The highest BCUT2D eigenvalue weighted by atomic mass is 35.5. The Kier molecular flexibility index (Phi) is 4.08. The van der Waals surface area contributed by atoms with E-state index in [4.69, 9.17) is 4.74 Å². The van der Waals surface area contributed by atoms with E-state index in [-0.39, 0.29) is 12.4 Å². The van der Waals surface area contributed by atoms with Crippen LogP contribution in [0.15, 0.2) is 18.2 Å². The van der Waals surface area contributed by atoms with Crippen LogP contribution >= 0.6 is 12.4 Å². The highest BCUT2D eigenvalue weighted by molar-refractivity contribution is 5.85. The standard InChI is InChI=1S/C11H15NO.ClH/c1-13-10-6-5-9-4-2-3-7-12-11(9)8-10;/h5-6,8,12H,2-4,7H2,1H3;1H. The molecule has 0 bridgehead atoms. The van der Waals surface area contributed by atoms with Crippen LogP contribution in [-0.2, 0) is 6.42 Å². The summed E-state index contributed by atoms with van der Waals surface area (Å²) in [5, 5.41) is 3.42. The number of aryl methyl sites for hydroxylation is 1. The Bertz CT molecular complexity index is 301. The molecule has 1 heterocycles. The minimum atomic E-state index is 0. The Hall–Kier alpha value is -0.890. The Balaban J connectivity index is 0.000000980. The second kappa shape index (κ2) is 5.11. The van der Waals surface area contributed by atoms with E-state index in [2.05, 4.69) is 17.4 Å². The highest BCUT2D eigenvalue weighted by Crippen LogP contribution is 2.25. The van der Waals surface area contributed by atoms with Gasteiger partial charge in [-0.1, -0.05) is 6.07 Å².